The summed E-state index contributed by atoms with van der Waals surface area (Å²) in [5.74, 6) is 0. The predicted octanol–water partition coefficient (Wildman–Crippen LogP) is 6.06. The van der Waals surface area contributed by atoms with Crippen molar-refractivity contribution < 1.29 is 0 Å². The van der Waals surface area contributed by atoms with E-state index in [1.54, 1.807) is 11.3 Å². The van der Waals surface area contributed by atoms with Crippen LogP contribution in [0.1, 0.15) is 0 Å². The molecule has 0 aliphatic carbocycles. The minimum absolute atomic E-state index is 0.739. The van der Waals surface area contributed by atoms with Gasteiger partial charge in [0, 0.05) is 13.1 Å². The summed E-state index contributed by atoms with van der Waals surface area (Å²) in [6.07, 6.45) is 0. The quantitative estimate of drug-likeness (QED) is 0.466. The van der Waals surface area contributed by atoms with Crippen LogP contribution in [0.5, 0.6) is 0 Å². The summed E-state index contributed by atoms with van der Waals surface area (Å²) in [7, 11) is 0. The summed E-state index contributed by atoms with van der Waals surface area (Å²) >= 11 is 13.3. The van der Waals surface area contributed by atoms with Gasteiger partial charge in [-0.15, -0.1) is 0 Å². The molecule has 0 aliphatic heterocycles. The molecule has 0 saturated carbocycles. The Hall–Kier alpha value is -0.370. The monoisotopic (exact) mass is 464 g/mol. The first-order chi connectivity index (χ1) is 9.11. The fourth-order valence-electron chi connectivity index (χ4n) is 1.66. The van der Waals surface area contributed by atoms with Gasteiger partial charge in [-0.25, -0.2) is 4.98 Å². The van der Waals surface area contributed by atoms with Crippen LogP contribution in [-0.2, 0) is 0 Å². The Labute approximate surface area is 141 Å². The number of hydrogen-bond acceptors (Lipinski definition) is 3. The molecule has 2 aromatic carbocycles. The van der Waals surface area contributed by atoms with Crippen LogP contribution >= 0.6 is 61.5 Å². The number of fused-ring (bicyclic) bond motifs is 1. The van der Waals surface area contributed by atoms with Crippen molar-refractivity contribution in [2.24, 2.45) is 0 Å². The third-order valence-corrected chi connectivity index (χ3v) is 5.08. The number of anilines is 2. The molecule has 96 valence electrons. The van der Waals surface area contributed by atoms with Gasteiger partial charge in [-0.1, -0.05) is 38.9 Å². The zero-order valence-corrected chi connectivity index (χ0v) is 14.8. The SMILES string of the molecule is Clc1ccc(Nc2nc3ccc(Br)cc3s2)c(I)c1. The van der Waals surface area contributed by atoms with Gasteiger partial charge in [0.2, 0.25) is 0 Å². The van der Waals surface area contributed by atoms with Gasteiger partial charge in [-0.05, 0) is 59.0 Å². The second-order valence-corrected chi connectivity index (χ2v) is 7.43. The molecule has 0 amide bonds. The van der Waals surface area contributed by atoms with Gasteiger partial charge in [0.1, 0.15) is 0 Å². The number of thiazole rings is 1. The van der Waals surface area contributed by atoms with Crippen LogP contribution in [0.2, 0.25) is 5.02 Å². The first-order valence-corrected chi connectivity index (χ1v) is 8.46. The molecule has 0 fully saturated rings. The first-order valence-electron chi connectivity index (χ1n) is 5.40. The lowest BCUT2D eigenvalue weighted by Gasteiger charge is -2.05. The molecule has 0 bridgehead atoms. The van der Waals surface area contributed by atoms with Crippen molar-refractivity contribution in [3.05, 3.63) is 49.5 Å². The number of nitrogens with zero attached hydrogens (tertiary/aromatic N) is 1. The molecule has 0 radical (unpaired) electrons. The van der Waals surface area contributed by atoms with E-state index < -0.39 is 0 Å². The molecule has 0 unspecified atom stereocenters. The molecule has 3 aromatic rings. The van der Waals surface area contributed by atoms with Crippen LogP contribution in [0.25, 0.3) is 10.2 Å². The van der Waals surface area contributed by atoms with E-state index in [4.69, 9.17) is 11.6 Å². The van der Waals surface area contributed by atoms with E-state index in [1.165, 1.54) is 0 Å². The fraction of sp³-hybridized carbons (Fsp3) is 0. The maximum atomic E-state index is 5.95. The van der Waals surface area contributed by atoms with Crippen molar-refractivity contribution in [1.82, 2.24) is 4.98 Å². The Morgan fingerprint density at radius 1 is 1.21 bits per heavy atom. The zero-order valence-electron chi connectivity index (χ0n) is 9.45. The molecule has 3 rings (SSSR count). The van der Waals surface area contributed by atoms with Crippen LogP contribution in [0.15, 0.2) is 40.9 Å². The average Bonchev–Trinajstić information content (AvgIpc) is 2.74. The number of hydrogen-bond donors (Lipinski definition) is 1. The molecule has 0 aliphatic rings. The number of halogens is 3. The van der Waals surface area contributed by atoms with Gasteiger partial charge in [0.25, 0.3) is 0 Å². The van der Waals surface area contributed by atoms with E-state index in [0.29, 0.717) is 0 Å². The highest BCUT2D eigenvalue weighted by Gasteiger charge is 2.06. The molecule has 19 heavy (non-hydrogen) atoms. The summed E-state index contributed by atoms with van der Waals surface area (Å²) in [5, 5.41) is 4.96. The molecular weight excluding hydrogens is 458 g/mol. The number of rotatable bonds is 2. The average molecular weight is 466 g/mol. The number of aromatic nitrogens is 1. The molecule has 1 heterocycles. The highest BCUT2D eigenvalue weighted by atomic mass is 127. The minimum atomic E-state index is 0.739. The standard InChI is InChI=1S/C13H7BrClIN2S/c14-7-1-3-11-12(5-7)19-13(18-11)17-10-4-2-8(15)6-9(10)16/h1-6H,(H,17,18). The van der Waals surface area contributed by atoms with Crippen molar-refractivity contribution in [1.29, 1.82) is 0 Å². The molecule has 0 saturated heterocycles. The topological polar surface area (TPSA) is 24.9 Å². The molecule has 6 heteroatoms. The molecule has 1 aromatic heterocycles. The van der Waals surface area contributed by atoms with Crippen LogP contribution in [0.4, 0.5) is 10.8 Å². The van der Waals surface area contributed by atoms with E-state index in [1.807, 2.05) is 30.3 Å². The smallest absolute Gasteiger partial charge is 0.188 e. The maximum Gasteiger partial charge on any atom is 0.188 e. The highest BCUT2D eigenvalue weighted by molar-refractivity contribution is 14.1. The van der Waals surface area contributed by atoms with Gasteiger partial charge < -0.3 is 5.32 Å². The summed E-state index contributed by atoms with van der Waals surface area (Å²) in [5.41, 5.74) is 2.02. The summed E-state index contributed by atoms with van der Waals surface area (Å²) in [6, 6.07) is 11.8. The van der Waals surface area contributed by atoms with E-state index in [-0.39, 0.29) is 0 Å². The normalized spacial score (nSPS) is 10.9. The van der Waals surface area contributed by atoms with Gasteiger partial charge in [-0.3, -0.25) is 0 Å². The summed E-state index contributed by atoms with van der Waals surface area (Å²) in [4.78, 5) is 4.56. The number of nitrogens with one attached hydrogen (secondary N) is 1. The van der Waals surface area contributed by atoms with Gasteiger partial charge in [0.05, 0.1) is 15.9 Å². The van der Waals surface area contributed by atoms with Crippen LogP contribution in [-0.4, -0.2) is 4.98 Å². The van der Waals surface area contributed by atoms with Crippen molar-refractivity contribution in [3.63, 3.8) is 0 Å². The summed E-state index contributed by atoms with van der Waals surface area (Å²) in [6.45, 7) is 0. The van der Waals surface area contributed by atoms with Crippen LogP contribution in [0.3, 0.4) is 0 Å². The van der Waals surface area contributed by atoms with Gasteiger partial charge in [0.15, 0.2) is 5.13 Å². The predicted molar refractivity (Wildman–Crippen MR) is 94.8 cm³/mol. The molecule has 1 N–H and O–H groups in total. The first kappa shape index (κ1) is 13.6. The largest absolute Gasteiger partial charge is 0.331 e. The lowest BCUT2D eigenvalue weighted by Crippen LogP contribution is -1.91. The Kier molecular flexibility index (Phi) is 3.98. The van der Waals surface area contributed by atoms with Crippen molar-refractivity contribution in [2.75, 3.05) is 5.32 Å². The number of benzene rings is 2. The third-order valence-electron chi connectivity index (χ3n) is 2.52. The van der Waals surface area contributed by atoms with Crippen LogP contribution in [0, 0.1) is 3.57 Å². The van der Waals surface area contributed by atoms with Crippen LogP contribution < -0.4 is 5.32 Å². The Morgan fingerprint density at radius 2 is 2.05 bits per heavy atom. The maximum absolute atomic E-state index is 5.95. The summed E-state index contributed by atoms with van der Waals surface area (Å²) < 4.78 is 3.29. The Bertz CT molecular complexity index is 759. The molecular formula is C13H7BrClIN2S. The Morgan fingerprint density at radius 3 is 2.84 bits per heavy atom. The zero-order chi connectivity index (χ0) is 13.4. The minimum Gasteiger partial charge on any atom is -0.331 e. The van der Waals surface area contributed by atoms with E-state index in [0.717, 1.165) is 34.1 Å². The van der Waals surface area contributed by atoms with E-state index in [2.05, 4.69) is 54.9 Å². The lowest BCUT2D eigenvalue weighted by molar-refractivity contribution is 1.43. The van der Waals surface area contributed by atoms with E-state index >= 15 is 0 Å². The second kappa shape index (κ2) is 5.55. The van der Waals surface area contributed by atoms with Crippen molar-refractivity contribution in [3.8, 4) is 0 Å². The van der Waals surface area contributed by atoms with Crippen molar-refractivity contribution in [2.45, 2.75) is 0 Å². The molecule has 2 nitrogen and oxygen atoms in total. The van der Waals surface area contributed by atoms with Gasteiger partial charge >= 0.3 is 0 Å². The van der Waals surface area contributed by atoms with Crippen molar-refractivity contribution >= 4 is 82.5 Å². The van der Waals surface area contributed by atoms with E-state index in [9.17, 15) is 0 Å². The van der Waals surface area contributed by atoms with Gasteiger partial charge in [-0.2, -0.15) is 0 Å². The molecule has 0 atom stereocenters. The fourth-order valence-corrected chi connectivity index (χ4v) is 4.09. The second-order valence-electron chi connectivity index (χ2n) is 3.88. The third kappa shape index (κ3) is 3.04. The molecule has 0 spiro atoms. The lowest BCUT2D eigenvalue weighted by atomic mass is 10.3. The highest BCUT2D eigenvalue weighted by Crippen LogP contribution is 2.32. The Balaban J connectivity index is 1.96.